The van der Waals surface area contributed by atoms with Gasteiger partial charge in [0.05, 0.1) is 0 Å². The second kappa shape index (κ2) is 20.0. The van der Waals surface area contributed by atoms with Gasteiger partial charge >= 0.3 is 0 Å². The van der Waals surface area contributed by atoms with Crippen molar-refractivity contribution in [1.29, 1.82) is 0 Å². The van der Waals surface area contributed by atoms with Crippen molar-refractivity contribution in [3.63, 3.8) is 0 Å². The Labute approximate surface area is 445 Å². The van der Waals surface area contributed by atoms with Gasteiger partial charge < -0.3 is 4.48 Å². The van der Waals surface area contributed by atoms with E-state index in [4.69, 9.17) is 0 Å². The summed E-state index contributed by atoms with van der Waals surface area (Å²) in [6.45, 7) is 16.4. The van der Waals surface area contributed by atoms with Gasteiger partial charge in [0.1, 0.15) is 0 Å². The highest BCUT2D eigenvalue weighted by molar-refractivity contribution is 6.36. The molecule has 0 aliphatic heterocycles. The van der Waals surface area contributed by atoms with E-state index in [0.29, 0.717) is 11.8 Å². The third-order valence-corrected chi connectivity index (χ3v) is 18.2. The molecule has 2 saturated carbocycles. The summed E-state index contributed by atoms with van der Waals surface area (Å²) in [5.41, 5.74) is 28.6. The highest BCUT2D eigenvalue weighted by Gasteiger charge is 2.36. The van der Waals surface area contributed by atoms with E-state index in [2.05, 4.69) is 194 Å². The van der Waals surface area contributed by atoms with Crippen LogP contribution in [0.25, 0.3) is 49.9 Å². The predicted molar refractivity (Wildman–Crippen MR) is 319 cm³/mol. The van der Waals surface area contributed by atoms with Crippen molar-refractivity contribution in [2.75, 3.05) is 0 Å². The van der Waals surface area contributed by atoms with Crippen LogP contribution in [-0.4, -0.2) is 11.9 Å². The van der Waals surface area contributed by atoms with Crippen LogP contribution in [0.15, 0.2) is 145 Å². The molecule has 74 heavy (non-hydrogen) atoms. The second-order valence-electron chi connectivity index (χ2n) is 25.1. The molecule has 0 saturated heterocycles. The highest BCUT2D eigenvalue weighted by atomic mass is 14.9. The summed E-state index contributed by atoms with van der Waals surface area (Å²) < 4.78 is 2.73. The van der Waals surface area contributed by atoms with Gasteiger partial charge in [0, 0.05) is 28.1 Å². The van der Waals surface area contributed by atoms with Crippen LogP contribution in [0.4, 0.5) is 0 Å². The van der Waals surface area contributed by atoms with Gasteiger partial charge in [0.15, 0.2) is 0 Å². The molecule has 0 N–H and O–H groups in total. The van der Waals surface area contributed by atoms with Crippen molar-refractivity contribution >= 4 is 34.9 Å². The van der Waals surface area contributed by atoms with Crippen molar-refractivity contribution in [3.8, 4) is 22.4 Å². The molecule has 0 unspecified atom stereocenters. The Bertz CT molecular complexity index is 3340. The van der Waals surface area contributed by atoms with Crippen molar-refractivity contribution in [2.45, 2.75) is 180 Å². The van der Waals surface area contributed by atoms with Crippen LogP contribution in [0.1, 0.15) is 205 Å². The molecule has 5 aliphatic rings. The van der Waals surface area contributed by atoms with Crippen LogP contribution < -0.4 is 0 Å². The van der Waals surface area contributed by atoms with E-state index in [0.717, 1.165) is 44.8 Å². The fraction of sp³-hybridized carbons (Fsp3) is 0.389. The van der Waals surface area contributed by atoms with Gasteiger partial charge in [0.25, 0.3) is 7.41 Å². The lowest BCUT2D eigenvalue weighted by Crippen LogP contribution is -2.13. The van der Waals surface area contributed by atoms with Gasteiger partial charge in [-0.25, -0.2) is 0 Å². The largest absolute Gasteiger partial charge is 0.389 e. The molecule has 6 aromatic carbocycles. The van der Waals surface area contributed by atoms with Gasteiger partial charge in [0.2, 0.25) is 0 Å². The van der Waals surface area contributed by atoms with Gasteiger partial charge in [-0.1, -0.05) is 215 Å². The summed E-state index contributed by atoms with van der Waals surface area (Å²) in [5.74, 6) is 1.37. The van der Waals surface area contributed by atoms with E-state index in [1.54, 1.807) is 16.7 Å². The van der Waals surface area contributed by atoms with E-state index in [9.17, 15) is 0 Å². The molecular formula is C72H79BN. The van der Waals surface area contributed by atoms with Crippen LogP contribution in [0, 0.1) is 0 Å². The molecule has 2 fully saturated rings. The third-order valence-electron chi connectivity index (χ3n) is 18.2. The molecule has 1 nitrogen and oxygen atoms in total. The number of hydrogen-bond donors (Lipinski definition) is 0. The number of hydrogen-bond acceptors (Lipinski definition) is 0. The molecule has 0 bridgehead atoms. The van der Waals surface area contributed by atoms with Crippen molar-refractivity contribution in [1.82, 2.24) is 4.48 Å². The minimum atomic E-state index is 0.0511. The Balaban J connectivity index is 1.19. The Hall–Kier alpha value is -5.86. The lowest BCUT2D eigenvalue weighted by molar-refractivity contribution is 0.443. The first-order valence-electron chi connectivity index (χ1n) is 29.2. The first-order valence-corrected chi connectivity index (χ1v) is 29.2. The first-order chi connectivity index (χ1) is 35.9. The summed E-state index contributed by atoms with van der Waals surface area (Å²) in [7, 11) is 2.54. The molecule has 1 radical (unpaired) electrons. The van der Waals surface area contributed by atoms with E-state index in [-0.39, 0.29) is 10.8 Å². The average molecular weight is 969 g/mol. The lowest BCUT2D eigenvalue weighted by Gasteiger charge is -2.24. The van der Waals surface area contributed by atoms with Crippen molar-refractivity contribution < 1.29 is 0 Å². The van der Waals surface area contributed by atoms with Gasteiger partial charge in [-0.2, -0.15) is 0 Å². The van der Waals surface area contributed by atoms with Crippen molar-refractivity contribution in [2.24, 2.45) is 0 Å². The predicted octanol–water partition coefficient (Wildman–Crippen LogP) is 19.7. The fourth-order valence-electron chi connectivity index (χ4n) is 14.2. The second-order valence-corrected chi connectivity index (χ2v) is 25.1. The summed E-state index contributed by atoms with van der Waals surface area (Å²) in [6.07, 6.45) is 23.7. The van der Waals surface area contributed by atoms with Crippen LogP contribution in [0.5, 0.6) is 0 Å². The quantitative estimate of drug-likeness (QED) is 0.134. The summed E-state index contributed by atoms with van der Waals surface area (Å²) in [5, 5.41) is 2.56. The zero-order chi connectivity index (χ0) is 50.7. The number of aromatic nitrogens is 1. The smallest absolute Gasteiger partial charge is 0.252 e. The summed E-state index contributed by atoms with van der Waals surface area (Å²) in [4.78, 5) is 0. The number of rotatable bonds is 8. The number of nitrogens with zero attached hydrogens (tertiary/aromatic N) is 1. The molecule has 375 valence electrons. The maximum Gasteiger partial charge on any atom is 0.252 e. The zero-order valence-corrected chi connectivity index (χ0v) is 45.9. The lowest BCUT2D eigenvalue weighted by atomic mass is 9.81. The fourth-order valence-corrected chi connectivity index (χ4v) is 14.2. The molecule has 7 aromatic rings. The van der Waals surface area contributed by atoms with Crippen molar-refractivity contribution in [3.05, 3.63) is 206 Å². The van der Waals surface area contributed by atoms with Crippen LogP contribution in [0.2, 0.25) is 6.32 Å². The van der Waals surface area contributed by atoms with Gasteiger partial charge in [-0.15, -0.1) is 0 Å². The third kappa shape index (κ3) is 9.15. The van der Waals surface area contributed by atoms with Crippen LogP contribution in [0.3, 0.4) is 0 Å². The zero-order valence-electron chi connectivity index (χ0n) is 45.9. The van der Waals surface area contributed by atoms with E-state index in [1.165, 1.54) is 170 Å². The first kappa shape index (κ1) is 49.0. The molecule has 12 rings (SSSR count). The van der Waals surface area contributed by atoms with Gasteiger partial charge in [-0.05, 0) is 193 Å². The van der Waals surface area contributed by atoms with Gasteiger partial charge in [-0.3, -0.25) is 0 Å². The normalized spacial score (nSPS) is 18.3. The van der Waals surface area contributed by atoms with E-state index >= 15 is 0 Å². The Kier molecular flexibility index (Phi) is 13.3. The average Bonchev–Trinajstić information content (AvgIpc) is 3.79. The molecule has 1 heterocycles. The minimum absolute atomic E-state index is 0.0511. The number of benzene rings is 6. The Morgan fingerprint density at radius 3 is 1.72 bits per heavy atom. The van der Waals surface area contributed by atoms with E-state index < -0.39 is 0 Å². The minimum Gasteiger partial charge on any atom is -0.389 e. The topological polar surface area (TPSA) is 4.93 Å². The molecule has 5 aliphatic carbocycles. The highest BCUT2D eigenvalue weighted by Crippen LogP contribution is 2.54. The SMILES string of the molecule is CC[B]n1c(/C(=C2\C=C3C(=C2c2ccc(C(C)(C)C)cc2)CCCc2cc(C4CCCCC4)ccc23)c2ccc3ccccc3c2)c(-c2ccc(C(C)(C)C)cc2)c2c1-c1ccc(C3CCCCC3)cc1CCC2. The molecule has 1 aromatic heterocycles. The maximum absolute atomic E-state index is 2.73. The maximum atomic E-state index is 2.73. The molecule has 2 heteroatoms. The number of fused-ring (bicyclic) bond motifs is 7. The molecule has 0 atom stereocenters. The molecular weight excluding hydrogens is 890 g/mol. The number of aryl methyl sites for hydroxylation is 2. The molecule has 0 amide bonds. The number of allylic oxidation sites excluding steroid dienone is 5. The Morgan fingerprint density at radius 2 is 1.11 bits per heavy atom. The standard InChI is InChI=1S/C72H79BN/c1-8-73-74-69-61-42-36-54(48-21-13-10-14-22-48)44-56(61)26-18-28-63(69)67(51-33-39-59(40-34-51)72(5,6)7)70(74)68(57-30-29-49-23-15-16-24-52(49)45-57)65-46-64-60-41-35-53(47-19-11-9-12-20-47)43-55(60)25-17-27-62(64)66(65)50-31-37-58(38-32-50)71(2,3)4/h15-16,23-24,29-48H,8-14,17-22,25-28H2,1-7H3/b68-65+. The van der Waals surface area contributed by atoms with E-state index in [1.807, 2.05) is 0 Å². The Morgan fingerprint density at radius 1 is 0.541 bits per heavy atom. The summed E-state index contributed by atoms with van der Waals surface area (Å²) >= 11 is 0. The van der Waals surface area contributed by atoms with Crippen LogP contribution in [-0.2, 0) is 30.1 Å². The van der Waals surface area contributed by atoms with Crippen LogP contribution >= 0.6 is 0 Å². The molecule has 0 spiro atoms. The monoisotopic (exact) mass is 969 g/mol. The summed E-state index contributed by atoms with van der Waals surface area (Å²) in [6, 6.07) is 51.4.